The van der Waals surface area contributed by atoms with Crippen molar-refractivity contribution in [2.45, 2.75) is 0 Å². The van der Waals surface area contributed by atoms with Gasteiger partial charge in [0.2, 0.25) is 0 Å². The molecule has 0 saturated carbocycles. The van der Waals surface area contributed by atoms with Crippen LogP contribution in [0.5, 0.6) is 0 Å². The molecule has 0 N–H and O–H groups in total. The number of fused-ring (bicyclic) bond motifs is 1. The second-order valence-corrected chi connectivity index (χ2v) is 2.89. The van der Waals surface area contributed by atoms with Crippen molar-refractivity contribution in [3.63, 3.8) is 0 Å². The van der Waals surface area contributed by atoms with Crippen molar-refractivity contribution in [1.29, 1.82) is 0 Å². The Balaban J connectivity index is 2.91. The Morgan fingerprint density at radius 1 is 1.18 bits per heavy atom. The van der Waals surface area contributed by atoms with E-state index in [1.54, 1.807) is 6.20 Å². The maximum absolute atomic E-state index is 3.87. The Morgan fingerprint density at radius 2 is 2.00 bits per heavy atom. The Morgan fingerprint density at radius 3 is 2.82 bits per heavy atom. The first kappa shape index (κ1) is 6.98. The van der Waals surface area contributed by atoms with E-state index in [0.29, 0.717) is 0 Å². The molecule has 58 valence electrons. The minimum absolute atomic E-state index is 0.799. The molecule has 0 aliphatic heterocycles. The Hall–Kier alpha value is -0.700. The standard InChI is InChI=1S/C8H5N2.Ag/c1-2-4-8-6-10-9-5-7(8)3-1;/h1-5H;. The summed E-state index contributed by atoms with van der Waals surface area (Å²) >= 11 is 3.34. The normalized spacial score (nSPS) is 10.4. The molecule has 3 heteroatoms. The summed E-state index contributed by atoms with van der Waals surface area (Å²) < 4.78 is 0.799. The van der Waals surface area contributed by atoms with Crippen molar-refractivity contribution < 1.29 is 21.1 Å². The van der Waals surface area contributed by atoms with Gasteiger partial charge in [0.15, 0.2) is 0 Å². The molecule has 0 amide bonds. The van der Waals surface area contributed by atoms with E-state index >= 15 is 0 Å². The Labute approximate surface area is 76.6 Å². The third-order valence-electron chi connectivity index (χ3n) is 1.50. The van der Waals surface area contributed by atoms with Crippen molar-refractivity contribution in [3.05, 3.63) is 30.5 Å². The molecule has 0 fully saturated rings. The number of hydrogen-bond donors (Lipinski definition) is 0. The molecule has 0 atom stereocenters. The first-order chi connectivity index (χ1) is 5.38. The Bertz CT molecular complexity index is 381. The zero-order chi connectivity index (χ0) is 7.68. The van der Waals surface area contributed by atoms with E-state index in [0.717, 1.165) is 14.7 Å². The van der Waals surface area contributed by atoms with E-state index in [2.05, 4.69) is 31.3 Å². The van der Waals surface area contributed by atoms with Crippen LogP contribution in [0.15, 0.2) is 30.5 Å². The average molecular weight is 237 g/mol. The van der Waals surface area contributed by atoms with Crippen molar-refractivity contribution in [3.8, 4) is 0 Å². The van der Waals surface area contributed by atoms with Crippen molar-refractivity contribution in [1.82, 2.24) is 10.2 Å². The van der Waals surface area contributed by atoms with Crippen LogP contribution >= 0.6 is 0 Å². The minimum atomic E-state index is 0.799. The topological polar surface area (TPSA) is 25.8 Å². The molecule has 1 aromatic carbocycles. The zero-order valence-electron chi connectivity index (χ0n) is 5.58. The van der Waals surface area contributed by atoms with Gasteiger partial charge in [0, 0.05) is 0 Å². The third kappa shape index (κ3) is 1.20. The van der Waals surface area contributed by atoms with Gasteiger partial charge < -0.3 is 0 Å². The fourth-order valence-corrected chi connectivity index (χ4v) is 1.39. The van der Waals surface area contributed by atoms with E-state index in [1.807, 2.05) is 24.3 Å². The van der Waals surface area contributed by atoms with Gasteiger partial charge in [0.05, 0.1) is 0 Å². The average Bonchev–Trinajstić information content (AvgIpc) is 2.06. The van der Waals surface area contributed by atoms with Crippen LogP contribution in [-0.2, 0) is 21.1 Å². The van der Waals surface area contributed by atoms with E-state index < -0.39 is 0 Å². The molecule has 1 heterocycles. The molecule has 0 bridgehead atoms. The summed E-state index contributed by atoms with van der Waals surface area (Å²) in [5.74, 6) is 0. The third-order valence-corrected chi connectivity index (χ3v) is 2.04. The van der Waals surface area contributed by atoms with Crippen molar-refractivity contribution in [2.75, 3.05) is 0 Å². The number of rotatable bonds is 0. The summed E-state index contributed by atoms with van der Waals surface area (Å²) in [7, 11) is 0. The van der Waals surface area contributed by atoms with Crippen molar-refractivity contribution >= 4 is 14.7 Å². The second-order valence-electron chi connectivity index (χ2n) is 2.19. The SMILES string of the molecule is [Ag][c]1nncc2ccccc12. The zero-order valence-corrected chi connectivity index (χ0v) is 7.06. The van der Waals surface area contributed by atoms with Gasteiger partial charge >= 0.3 is 76.4 Å². The van der Waals surface area contributed by atoms with Gasteiger partial charge in [-0.3, -0.25) is 0 Å². The van der Waals surface area contributed by atoms with Gasteiger partial charge in [0.1, 0.15) is 0 Å². The fourth-order valence-electron chi connectivity index (χ4n) is 0.971. The molecule has 0 unspecified atom stereocenters. The van der Waals surface area contributed by atoms with Crippen LogP contribution in [0.3, 0.4) is 0 Å². The monoisotopic (exact) mass is 236 g/mol. The van der Waals surface area contributed by atoms with Gasteiger partial charge in [0.25, 0.3) is 0 Å². The van der Waals surface area contributed by atoms with Crippen LogP contribution in [0.25, 0.3) is 10.8 Å². The molecule has 0 aliphatic rings. The number of aromatic nitrogens is 2. The van der Waals surface area contributed by atoms with Crippen molar-refractivity contribution in [2.24, 2.45) is 0 Å². The quantitative estimate of drug-likeness (QED) is 0.633. The summed E-state index contributed by atoms with van der Waals surface area (Å²) in [5, 5.41) is 9.89. The van der Waals surface area contributed by atoms with Crippen LogP contribution in [0, 0.1) is 0 Å². The summed E-state index contributed by atoms with van der Waals surface area (Å²) in [6.07, 6.45) is 1.75. The van der Waals surface area contributed by atoms with Crippen LogP contribution < -0.4 is 3.91 Å². The van der Waals surface area contributed by atoms with Gasteiger partial charge in [-0.15, -0.1) is 0 Å². The first-order valence-corrected chi connectivity index (χ1v) is 3.94. The van der Waals surface area contributed by atoms with E-state index in [4.69, 9.17) is 0 Å². The van der Waals surface area contributed by atoms with Gasteiger partial charge in [-0.1, -0.05) is 0 Å². The second kappa shape index (κ2) is 2.74. The van der Waals surface area contributed by atoms with Crippen LogP contribution in [0.2, 0.25) is 0 Å². The Kier molecular flexibility index (Phi) is 1.74. The maximum atomic E-state index is 3.87. The van der Waals surface area contributed by atoms with Crippen LogP contribution in [-0.4, -0.2) is 10.2 Å². The van der Waals surface area contributed by atoms with Gasteiger partial charge in [-0.2, -0.15) is 0 Å². The molecular formula is C8H5AgN2. The molecule has 1 aromatic heterocycles. The molecule has 2 nitrogen and oxygen atoms in total. The molecule has 0 spiro atoms. The van der Waals surface area contributed by atoms with E-state index in [1.165, 1.54) is 0 Å². The molecule has 2 rings (SSSR count). The predicted octanol–water partition coefficient (Wildman–Crippen LogP) is 0.802. The van der Waals surface area contributed by atoms with Gasteiger partial charge in [-0.05, 0) is 0 Å². The summed E-state index contributed by atoms with van der Waals surface area (Å²) in [5.41, 5.74) is 0. The van der Waals surface area contributed by atoms with Crippen LogP contribution in [0.4, 0.5) is 0 Å². The molecule has 0 radical (unpaired) electrons. The molecule has 0 saturated heterocycles. The van der Waals surface area contributed by atoms with Crippen LogP contribution in [0.1, 0.15) is 0 Å². The summed E-state index contributed by atoms with van der Waals surface area (Å²) in [6.45, 7) is 0. The van der Waals surface area contributed by atoms with Gasteiger partial charge in [-0.25, -0.2) is 0 Å². The number of benzene rings is 1. The molecule has 11 heavy (non-hydrogen) atoms. The number of nitrogens with zero attached hydrogens (tertiary/aromatic N) is 2. The van der Waals surface area contributed by atoms with E-state index in [9.17, 15) is 0 Å². The molecular weight excluding hydrogens is 232 g/mol. The summed E-state index contributed by atoms with van der Waals surface area (Å²) in [6, 6.07) is 7.98. The molecule has 0 aliphatic carbocycles. The summed E-state index contributed by atoms with van der Waals surface area (Å²) in [4.78, 5) is 0. The predicted molar refractivity (Wildman–Crippen MR) is 39.2 cm³/mol. The molecule has 2 aromatic rings. The van der Waals surface area contributed by atoms with E-state index in [-0.39, 0.29) is 0 Å². The number of hydrogen-bond acceptors (Lipinski definition) is 2. The first-order valence-electron chi connectivity index (χ1n) is 3.20. The fraction of sp³-hybridized carbons (Fsp3) is 0.